The number of aromatic nitrogens is 4. The lowest BCUT2D eigenvalue weighted by atomic mass is 10.1. The molecule has 9 heteroatoms. The average Bonchev–Trinajstić information content (AvgIpc) is 3.39. The van der Waals surface area contributed by atoms with Gasteiger partial charge >= 0.3 is 11.8 Å². The topological polar surface area (TPSA) is 122 Å². The fraction of sp³-hybridized carbons (Fsp3) is 0.138. The second-order valence-corrected chi connectivity index (χ2v) is 8.81. The zero-order chi connectivity index (χ0) is 26.5. The second kappa shape index (κ2) is 10.9. The van der Waals surface area contributed by atoms with Crippen molar-refractivity contribution in [2.45, 2.75) is 25.9 Å². The number of carboxylic acid groups (broad SMARTS) is 1. The normalized spacial score (nSPS) is 11.4. The van der Waals surface area contributed by atoms with E-state index in [0.29, 0.717) is 42.0 Å². The lowest BCUT2D eigenvalue weighted by Crippen LogP contribution is -2.41. The SMILES string of the molecule is O=C(O)N=Cc1ccc(-c2nc3c([nH]2)c(=O)n(CCc2ccccc2)c(=O)n3CCc2ccccc2)cc1. The van der Waals surface area contributed by atoms with Gasteiger partial charge in [0.15, 0.2) is 5.65 Å². The molecule has 0 aliphatic heterocycles. The van der Waals surface area contributed by atoms with Crippen molar-refractivity contribution >= 4 is 23.5 Å². The standard InChI is InChI=1S/C29H25N5O4/c35-27-24-26(32-25(31-24)23-13-11-22(12-14-23)19-30-28(36)37)33(17-15-20-7-3-1-4-8-20)29(38)34(27)18-16-21-9-5-2-6-10-21/h1-14,19H,15-18H2,(H,31,32)(H,36,37). The Morgan fingerprint density at radius 1 is 0.842 bits per heavy atom. The summed E-state index contributed by atoms with van der Waals surface area (Å²) in [5.74, 6) is 0.437. The Morgan fingerprint density at radius 3 is 2.00 bits per heavy atom. The summed E-state index contributed by atoms with van der Waals surface area (Å²) in [7, 11) is 0. The highest BCUT2D eigenvalue weighted by molar-refractivity contribution is 5.88. The Hall–Kier alpha value is -5.05. The van der Waals surface area contributed by atoms with E-state index in [1.807, 2.05) is 60.7 Å². The van der Waals surface area contributed by atoms with Crippen LogP contribution in [-0.2, 0) is 25.9 Å². The minimum atomic E-state index is -1.27. The van der Waals surface area contributed by atoms with Crippen molar-refractivity contribution in [3.05, 3.63) is 122 Å². The first-order valence-electron chi connectivity index (χ1n) is 12.2. The van der Waals surface area contributed by atoms with Crippen LogP contribution in [0.25, 0.3) is 22.6 Å². The van der Waals surface area contributed by atoms with Crippen LogP contribution in [0.5, 0.6) is 0 Å². The summed E-state index contributed by atoms with van der Waals surface area (Å²) in [6, 6.07) is 26.5. The minimum absolute atomic E-state index is 0.245. The molecule has 0 radical (unpaired) electrons. The van der Waals surface area contributed by atoms with E-state index in [1.54, 1.807) is 28.8 Å². The van der Waals surface area contributed by atoms with E-state index in [0.717, 1.165) is 11.1 Å². The van der Waals surface area contributed by atoms with Crippen LogP contribution in [0.3, 0.4) is 0 Å². The molecule has 0 unspecified atom stereocenters. The largest absolute Gasteiger partial charge is 0.463 e. The lowest BCUT2D eigenvalue weighted by molar-refractivity contribution is 0.206. The summed E-state index contributed by atoms with van der Waals surface area (Å²) >= 11 is 0. The molecule has 38 heavy (non-hydrogen) atoms. The summed E-state index contributed by atoms with van der Waals surface area (Å²) < 4.78 is 2.83. The molecular formula is C29H25N5O4. The van der Waals surface area contributed by atoms with Crippen LogP contribution in [0.4, 0.5) is 4.79 Å². The third-order valence-electron chi connectivity index (χ3n) is 6.30. The first-order chi connectivity index (χ1) is 18.5. The van der Waals surface area contributed by atoms with Gasteiger partial charge in [-0.2, -0.15) is 4.99 Å². The maximum Gasteiger partial charge on any atom is 0.431 e. The molecule has 2 heterocycles. The van der Waals surface area contributed by atoms with Gasteiger partial charge in [-0.25, -0.2) is 14.6 Å². The van der Waals surface area contributed by atoms with Crippen molar-refractivity contribution in [1.82, 2.24) is 19.1 Å². The third-order valence-corrected chi connectivity index (χ3v) is 6.30. The second-order valence-electron chi connectivity index (χ2n) is 8.81. The van der Waals surface area contributed by atoms with Crippen LogP contribution in [0, 0.1) is 0 Å². The number of hydrogen-bond acceptors (Lipinski definition) is 4. The maximum atomic E-state index is 13.6. The molecule has 0 aliphatic rings. The molecule has 2 aromatic heterocycles. The summed E-state index contributed by atoms with van der Waals surface area (Å²) in [4.78, 5) is 48.8. The van der Waals surface area contributed by atoms with E-state index in [9.17, 15) is 14.4 Å². The number of H-pyrrole nitrogens is 1. The van der Waals surface area contributed by atoms with Crippen LogP contribution >= 0.6 is 0 Å². The van der Waals surface area contributed by atoms with Gasteiger partial charge in [0, 0.05) is 24.9 Å². The number of carbonyl (C=O) groups is 1. The van der Waals surface area contributed by atoms with Gasteiger partial charge in [0.2, 0.25) is 0 Å². The van der Waals surface area contributed by atoms with E-state index >= 15 is 0 Å². The Bertz CT molecular complexity index is 1720. The molecule has 2 N–H and O–H groups in total. The highest BCUT2D eigenvalue weighted by atomic mass is 16.4. The molecule has 9 nitrogen and oxygen atoms in total. The molecule has 3 aromatic carbocycles. The summed E-state index contributed by atoms with van der Waals surface area (Å²) in [5, 5.41) is 8.73. The van der Waals surface area contributed by atoms with Crippen molar-refractivity contribution in [3.63, 3.8) is 0 Å². The zero-order valence-electron chi connectivity index (χ0n) is 20.4. The molecule has 0 bridgehead atoms. The molecule has 0 saturated heterocycles. The van der Waals surface area contributed by atoms with Crippen LogP contribution < -0.4 is 11.2 Å². The predicted octanol–water partition coefficient (Wildman–Crippen LogP) is 4.14. The quantitative estimate of drug-likeness (QED) is 0.306. The van der Waals surface area contributed by atoms with E-state index in [4.69, 9.17) is 5.11 Å². The average molecular weight is 508 g/mol. The van der Waals surface area contributed by atoms with Crippen molar-refractivity contribution in [2.75, 3.05) is 0 Å². The molecule has 0 spiro atoms. The number of nitrogens with zero attached hydrogens (tertiary/aromatic N) is 4. The number of rotatable bonds is 8. The van der Waals surface area contributed by atoms with Crippen LogP contribution in [0.1, 0.15) is 16.7 Å². The fourth-order valence-corrected chi connectivity index (χ4v) is 4.33. The van der Waals surface area contributed by atoms with E-state index < -0.39 is 17.3 Å². The van der Waals surface area contributed by atoms with E-state index in [1.165, 1.54) is 10.8 Å². The summed E-state index contributed by atoms with van der Waals surface area (Å²) in [6.07, 6.45) is 1.12. The minimum Gasteiger partial charge on any atom is -0.463 e. The molecule has 0 fully saturated rings. The smallest absolute Gasteiger partial charge is 0.431 e. The van der Waals surface area contributed by atoms with Crippen LogP contribution in [0.2, 0.25) is 0 Å². The zero-order valence-corrected chi connectivity index (χ0v) is 20.4. The van der Waals surface area contributed by atoms with Gasteiger partial charge in [-0.3, -0.25) is 13.9 Å². The van der Waals surface area contributed by atoms with Crippen molar-refractivity contribution in [2.24, 2.45) is 4.99 Å². The first kappa shape index (κ1) is 24.6. The van der Waals surface area contributed by atoms with Crippen LogP contribution in [-0.4, -0.2) is 36.5 Å². The third kappa shape index (κ3) is 5.36. The Labute approximate surface area is 217 Å². The Morgan fingerprint density at radius 2 is 1.42 bits per heavy atom. The molecule has 190 valence electrons. The molecule has 1 amide bonds. The lowest BCUT2D eigenvalue weighted by Gasteiger charge is -2.11. The van der Waals surface area contributed by atoms with Gasteiger partial charge in [-0.1, -0.05) is 84.9 Å². The van der Waals surface area contributed by atoms with Gasteiger partial charge < -0.3 is 10.1 Å². The maximum absolute atomic E-state index is 13.6. The van der Waals surface area contributed by atoms with Crippen molar-refractivity contribution < 1.29 is 9.90 Å². The molecule has 0 atom stereocenters. The number of aliphatic imine (C=N–C) groups is 1. The van der Waals surface area contributed by atoms with Gasteiger partial charge in [0.1, 0.15) is 11.3 Å². The molecule has 5 rings (SSSR count). The fourth-order valence-electron chi connectivity index (χ4n) is 4.33. The number of fused-ring (bicyclic) bond motifs is 1. The number of aromatic amines is 1. The van der Waals surface area contributed by atoms with Crippen LogP contribution in [0.15, 0.2) is 99.5 Å². The van der Waals surface area contributed by atoms with Gasteiger partial charge in [-0.15, -0.1) is 0 Å². The Balaban J connectivity index is 1.55. The number of imidazole rings is 1. The highest BCUT2D eigenvalue weighted by Gasteiger charge is 2.18. The van der Waals surface area contributed by atoms with Crippen molar-refractivity contribution in [3.8, 4) is 11.4 Å². The van der Waals surface area contributed by atoms with Gasteiger partial charge in [-0.05, 0) is 29.5 Å². The molecule has 0 aliphatic carbocycles. The van der Waals surface area contributed by atoms with Crippen molar-refractivity contribution in [1.29, 1.82) is 0 Å². The number of hydrogen-bond donors (Lipinski definition) is 2. The van der Waals surface area contributed by atoms with E-state index in [2.05, 4.69) is 15.0 Å². The number of aryl methyl sites for hydroxylation is 3. The number of benzene rings is 3. The monoisotopic (exact) mass is 507 g/mol. The summed E-state index contributed by atoms with van der Waals surface area (Å²) in [5.41, 5.74) is 3.15. The van der Waals surface area contributed by atoms with E-state index in [-0.39, 0.29) is 12.1 Å². The van der Waals surface area contributed by atoms with Gasteiger partial charge in [0.05, 0.1) is 0 Å². The first-order valence-corrected chi connectivity index (χ1v) is 12.2. The summed E-state index contributed by atoms with van der Waals surface area (Å²) in [6.45, 7) is 0.606. The predicted molar refractivity (Wildman–Crippen MR) is 146 cm³/mol. The number of nitrogens with one attached hydrogen (secondary N) is 1. The highest BCUT2D eigenvalue weighted by Crippen LogP contribution is 2.19. The number of amides is 1. The molecular weight excluding hydrogens is 482 g/mol. The van der Waals surface area contributed by atoms with Gasteiger partial charge in [0.25, 0.3) is 5.56 Å². The molecule has 0 saturated carbocycles. The molecule has 5 aromatic rings. The Kier molecular flexibility index (Phi) is 7.08.